The molecule has 2 heterocycles. The molecule has 2 aliphatic carbocycles. The molecule has 10 heteroatoms. The highest BCUT2D eigenvalue weighted by Gasteiger charge is 2.48. The Balaban J connectivity index is 1.11. The van der Waals surface area contributed by atoms with Crippen molar-refractivity contribution in [2.75, 3.05) is 51.3 Å². The van der Waals surface area contributed by atoms with Gasteiger partial charge in [0.05, 0.1) is 25.9 Å². The van der Waals surface area contributed by atoms with Crippen LogP contribution in [0.3, 0.4) is 0 Å². The summed E-state index contributed by atoms with van der Waals surface area (Å²) >= 11 is 0. The van der Waals surface area contributed by atoms with E-state index >= 15 is 0 Å². The van der Waals surface area contributed by atoms with Crippen LogP contribution in [0.2, 0.25) is 0 Å². The summed E-state index contributed by atoms with van der Waals surface area (Å²) in [5, 5.41) is 8.05. The molecule has 1 aromatic heterocycles. The third-order valence-electron chi connectivity index (χ3n) is 7.72. The number of nitrogens with one attached hydrogen (secondary N) is 2. The average molecular weight is 530 g/mol. The van der Waals surface area contributed by atoms with E-state index in [0.717, 1.165) is 89.9 Å². The molecule has 2 saturated carbocycles. The summed E-state index contributed by atoms with van der Waals surface area (Å²) in [6, 6.07) is 2.73. The van der Waals surface area contributed by atoms with Gasteiger partial charge in [0.2, 0.25) is 17.5 Å². The molecule has 0 bridgehead atoms. The minimum absolute atomic E-state index is 0.0978. The molecule has 0 radical (unpaired) electrons. The zero-order chi connectivity index (χ0) is 26.6. The van der Waals surface area contributed by atoms with Crippen LogP contribution in [-0.4, -0.2) is 96.5 Å². The molecule has 2 unspecified atom stereocenters. The first-order valence-electron chi connectivity index (χ1n) is 14.4. The van der Waals surface area contributed by atoms with E-state index in [2.05, 4.69) is 20.5 Å². The Morgan fingerprint density at radius 2 is 1.71 bits per heavy atom. The molecule has 4 rings (SSSR count). The number of ether oxygens (including phenoxy) is 1. The largest absolute Gasteiger partial charge is 0.379 e. The predicted molar refractivity (Wildman–Crippen MR) is 143 cm³/mol. The van der Waals surface area contributed by atoms with Crippen molar-refractivity contribution in [2.24, 2.45) is 0 Å². The van der Waals surface area contributed by atoms with Crippen LogP contribution in [0.25, 0.3) is 0 Å². The van der Waals surface area contributed by atoms with Gasteiger partial charge in [-0.1, -0.05) is 32.1 Å². The molecule has 3 fully saturated rings. The molecule has 0 spiro atoms. The highest BCUT2D eigenvalue weighted by Crippen LogP contribution is 2.24. The number of carbonyl (C=O) groups is 3. The maximum atomic E-state index is 13.1. The second kappa shape index (κ2) is 15.3. The van der Waals surface area contributed by atoms with Crippen LogP contribution in [0.5, 0.6) is 0 Å². The van der Waals surface area contributed by atoms with Gasteiger partial charge >= 0.3 is 0 Å². The number of rotatable bonds is 15. The molecular weight excluding hydrogens is 486 g/mol. The standard InChI is InChI=1S/C28H43N5O5/c34-24(33(23-8-4-3-5-9-23)38-21-18-32-16-19-37-20-17-32)10-6-1-2-7-13-30-25-26(28(36)27(25)35)31-22-11-14-29-15-12-22/h11-12,14-15,23,25-26,30H,1-10,13,16-21H2,(H,29,31). The van der Waals surface area contributed by atoms with Crippen LogP contribution in [0.15, 0.2) is 24.5 Å². The van der Waals surface area contributed by atoms with Crippen molar-refractivity contribution in [3.63, 3.8) is 0 Å². The van der Waals surface area contributed by atoms with Crippen molar-refractivity contribution in [2.45, 2.75) is 82.3 Å². The van der Waals surface area contributed by atoms with Crippen molar-refractivity contribution >= 4 is 23.2 Å². The molecule has 3 aliphatic rings. The SMILES string of the molecule is O=C1C(=O)C(Nc2ccncc2)C1NCCCCCCC(=O)N(OCCN1CCOCC1)C1CCCCC1. The Bertz CT molecular complexity index is 889. The summed E-state index contributed by atoms with van der Waals surface area (Å²) in [5.74, 6) is -0.647. The van der Waals surface area contributed by atoms with E-state index in [0.29, 0.717) is 19.6 Å². The van der Waals surface area contributed by atoms with E-state index in [1.807, 2.05) is 0 Å². The van der Waals surface area contributed by atoms with Gasteiger partial charge in [-0.2, -0.15) is 0 Å². The number of morpholine rings is 1. The quantitative estimate of drug-likeness (QED) is 0.201. The van der Waals surface area contributed by atoms with E-state index in [9.17, 15) is 14.4 Å². The predicted octanol–water partition coefficient (Wildman–Crippen LogP) is 2.35. The highest BCUT2D eigenvalue weighted by atomic mass is 16.7. The highest BCUT2D eigenvalue weighted by molar-refractivity contribution is 6.49. The van der Waals surface area contributed by atoms with Crippen LogP contribution < -0.4 is 10.6 Å². The number of hydrogen-bond acceptors (Lipinski definition) is 9. The number of ketones is 2. The molecule has 1 amide bonds. The molecule has 10 nitrogen and oxygen atoms in total. The molecule has 38 heavy (non-hydrogen) atoms. The lowest BCUT2D eigenvalue weighted by atomic mass is 9.82. The van der Waals surface area contributed by atoms with Crippen LogP contribution in [0, 0.1) is 0 Å². The smallest absolute Gasteiger partial charge is 0.246 e. The Morgan fingerprint density at radius 3 is 2.47 bits per heavy atom. The Morgan fingerprint density at radius 1 is 1.00 bits per heavy atom. The van der Waals surface area contributed by atoms with Crippen molar-refractivity contribution in [1.82, 2.24) is 20.3 Å². The summed E-state index contributed by atoms with van der Waals surface area (Å²) in [6.07, 6.45) is 13.0. The number of Topliss-reactive ketones (excluding diaryl/α,β-unsaturated/α-hetero) is 2. The molecule has 1 aromatic rings. The first-order valence-corrected chi connectivity index (χ1v) is 14.4. The minimum atomic E-state index is -0.531. The Labute approximate surface area is 225 Å². The molecule has 1 saturated heterocycles. The number of anilines is 1. The number of unbranched alkanes of at least 4 members (excludes halogenated alkanes) is 3. The molecule has 0 aromatic carbocycles. The fraction of sp³-hybridized carbons (Fsp3) is 0.714. The normalized spacial score (nSPS) is 22.7. The zero-order valence-corrected chi connectivity index (χ0v) is 22.4. The van der Waals surface area contributed by atoms with E-state index in [1.165, 1.54) is 6.42 Å². The third kappa shape index (κ3) is 8.30. The van der Waals surface area contributed by atoms with Gasteiger partial charge in [-0.3, -0.25) is 29.1 Å². The third-order valence-corrected chi connectivity index (χ3v) is 7.72. The number of pyridine rings is 1. The lowest BCUT2D eigenvalue weighted by molar-refractivity contribution is -0.205. The summed E-state index contributed by atoms with van der Waals surface area (Å²) in [4.78, 5) is 49.5. The lowest BCUT2D eigenvalue weighted by Gasteiger charge is -2.35. The summed E-state index contributed by atoms with van der Waals surface area (Å²) < 4.78 is 5.41. The van der Waals surface area contributed by atoms with Gasteiger partial charge < -0.3 is 15.4 Å². The molecule has 2 N–H and O–H groups in total. The van der Waals surface area contributed by atoms with Gasteiger partial charge in [-0.05, 0) is 44.4 Å². The second-order valence-corrected chi connectivity index (χ2v) is 10.5. The fourth-order valence-electron chi connectivity index (χ4n) is 5.41. The number of aromatic nitrogens is 1. The number of hydroxylamine groups is 2. The Hall–Kier alpha value is -2.40. The molecule has 210 valence electrons. The summed E-state index contributed by atoms with van der Waals surface area (Å²) in [5.41, 5.74) is 0.773. The number of hydrogen-bond donors (Lipinski definition) is 2. The number of carbonyl (C=O) groups excluding carboxylic acids is 3. The van der Waals surface area contributed by atoms with Gasteiger partial charge in [0.25, 0.3) is 0 Å². The maximum absolute atomic E-state index is 13.1. The van der Waals surface area contributed by atoms with Gasteiger partial charge in [-0.15, -0.1) is 0 Å². The maximum Gasteiger partial charge on any atom is 0.246 e. The average Bonchev–Trinajstić information content (AvgIpc) is 2.97. The molecule has 1 aliphatic heterocycles. The molecule has 2 atom stereocenters. The summed E-state index contributed by atoms with van der Waals surface area (Å²) in [7, 11) is 0. The van der Waals surface area contributed by atoms with E-state index in [1.54, 1.807) is 29.6 Å². The van der Waals surface area contributed by atoms with Gasteiger partial charge in [0, 0.05) is 44.1 Å². The van der Waals surface area contributed by atoms with Crippen molar-refractivity contribution in [3.05, 3.63) is 24.5 Å². The van der Waals surface area contributed by atoms with Crippen LogP contribution >= 0.6 is 0 Å². The first-order chi connectivity index (χ1) is 18.6. The van der Waals surface area contributed by atoms with Crippen LogP contribution in [0.4, 0.5) is 5.69 Å². The Kier molecular flexibility index (Phi) is 11.5. The van der Waals surface area contributed by atoms with Gasteiger partial charge in [0.15, 0.2) is 0 Å². The zero-order valence-electron chi connectivity index (χ0n) is 22.4. The lowest BCUT2D eigenvalue weighted by Crippen LogP contribution is -2.67. The van der Waals surface area contributed by atoms with Gasteiger partial charge in [0.1, 0.15) is 12.1 Å². The second-order valence-electron chi connectivity index (χ2n) is 10.5. The van der Waals surface area contributed by atoms with E-state index in [-0.39, 0.29) is 23.5 Å². The van der Waals surface area contributed by atoms with Crippen LogP contribution in [-0.2, 0) is 24.0 Å². The van der Waals surface area contributed by atoms with Crippen molar-refractivity contribution < 1.29 is 24.0 Å². The van der Waals surface area contributed by atoms with Crippen LogP contribution in [0.1, 0.15) is 64.2 Å². The minimum Gasteiger partial charge on any atom is -0.379 e. The fourth-order valence-corrected chi connectivity index (χ4v) is 5.41. The van der Waals surface area contributed by atoms with E-state index in [4.69, 9.17) is 9.57 Å². The monoisotopic (exact) mass is 529 g/mol. The topological polar surface area (TPSA) is 113 Å². The van der Waals surface area contributed by atoms with E-state index < -0.39 is 12.1 Å². The number of nitrogens with zero attached hydrogens (tertiary/aromatic N) is 3. The van der Waals surface area contributed by atoms with Crippen molar-refractivity contribution in [3.8, 4) is 0 Å². The summed E-state index contributed by atoms with van der Waals surface area (Å²) in [6.45, 7) is 5.38. The number of amides is 1. The first kappa shape index (κ1) is 28.6. The molecular formula is C28H43N5O5. The van der Waals surface area contributed by atoms with Gasteiger partial charge in [-0.25, -0.2) is 5.06 Å². The van der Waals surface area contributed by atoms with Crippen molar-refractivity contribution in [1.29, 1.82) is 0 Å².